The number of thiazole rings is 1. The van der Waals surface area contributed by atoms with Crippen molar-refractivity contribution >= 4 is 49.3 Å². The Hall–Kier alpha value is -2.93. The third-order valence-electron chi connectivity index (χ3n) is 5.16. The molecule has 2 heterocycles. The molecule has 0 aliphatic carbocycles. The van der Waals surface area contributed by atoms with Crippen molar-refractivity contribution in [3.05, 3.63) is 23.0 Å². The van der Waals surface area contributed by atoms with Crippen LogP contribution >= 0.6 is 11.3 Å². The van der Waals surface area contributed by atoms with Crippen LogP contribution in [0.3, 0.4) is 0 Å². The fourth-order valence-corrected chi connectivity index (χ4v) is 5.65. The molecule has 34 heavy (non-hydrogen) atoms. The van der Waals surface area contributed by atoms with E-state index in [2.05, 4.69) is 4.99 Å². The molecule has 3 rings (SSSR count). The number of sulfone groups is 1. The van der Waals surface area contributed by atoms with Crippen molar-refractivity contribution < 1.29 is 32.3 Å². The maximum absolute atomic E-state index is 12.5. The monoisotopic (exact) mass is 512 g/mol. The minimum atomic E-state index is -4.01. The van der Waals surface area contributed by atoms with Gasteiger partial charge in [-0.1, -0.05) is 11.3 Å². The summed E-state index contributed by atoms with van der Waals surface area (Å²) in [5.41, 5.74) is 0.833. The van der Waals surface area contributed by atoms with Crippen molar-refractivity contribution in [2.24, 2.45) is 12.0 Å². The predicted octanol–water partition coefficient (Wildman–Crippen LogP) is 0.781. The summed E-state index contributed by atoms with van der Waals surface area (Å²) >= 11 is 1.24. The van der Waals surface area contributed by atoms with E-state index >= 15 is 0 Å². The SMILES string of the molecule is CCOC(=O)N1CCN(C(=O)CS(=O)(=O)CC(=O)N=c2sc3cc(OCC)ccc3n2C)CC1. The van der Waals surface area contributed by atoms with Crippen LogP contribution in [-0.2, 0) is 31.2 Å². The summed E-state index contributed by atoms with van der Waals surface area (Å²) in [6.07, 6.45) is -0.460. The fourth-order valence-electron chi connectivity index (χ4n) is 3.49. The standard InChI is InChI=1S/C21H28N4O7S2/c1-4-31-15-6-7-16-17(12-15)33-20(23(16)3)22-18(26)13-34(29,30)14-19(27)24-8-10-25(11-9-24)21(28)32-5-2/h6-7,12H,4-5,8-11,13-14H2,1-3H3. The summed E-state index contributed by atoms with van der Waals surface area (Å²) in [6, 6.07) is 5.49. The quantitative estimate of drug-likeness (QED) is 0.536. The molecule has 0 spiro atoms. The highest BCUT2D eigenvalue weighted by atomic mass is 32.2. The highest BCUT2D eigenvalue weighted by Crippen LogP contribution is 2.22. The van der Waals surface area contributed by atoms with Crippen LogP contribution in [0.25, 0.3) is 10.2 Å². The first-order valence-electron chi connectivity index (χ1n) is 10.8. The van der Waals surface area contributed by atoms with Gasteiger partial charge in [0.2, 0.25) is 5.91 Å². The van der Waals surface area contributed by atoms with Gasteiger partial charge in [0.25, 0.3) is 5.91 Å². The molecule has 0 radical (unpaired) electrons. The van der Waals surface area contributed by atoms with E-state index in [0.29, 0.717) is 17.2 Å². The summed E-state index contributed by atoms with van der Waals surface area (Å²) in [4.78, 5) is 43.8. The molecule has 13 heteroatoms. The molecule has 1 aliphatic rings. The van der Waals surface area contributed by atoms with Gasteiger partial charge in [-0.2, -0.15) is 4.99 Å². The minimum absolute atomic E-state index is 0.201. The second-order valence-electron chi connectivity index (χ2n) is 7.61. The van der Waals surface area contributed by atoms with Crippen molar-refractivity contribution in [1.29, 1.82) is 0 Å². The van der Waals surface area contributed by atoms with Gasteiger partial charge in [0.15, 0.2) is 14.6 Å². The number of hydrogen-bond acceptors (Lipinski definition) is 8. The number of rotatable bonds is 7. The lowest BCUT2D eigenvalue weighted by molar-refractivity contribution is -0.130. The molecular weight excluding hydrogens is 484 g/mol. The smallest absolute Gasteiger partial charge is 0.409 e. The van der Waals surface area contributed by atoms with Crippen molar-refractivity contribution in [2.75, 3.05) is 50.9 Å². The van der Waals surface area contributed by atoms with Gasteiger partial charge in [0.1, 0.15) is 17.3 Å². The maximum atomic E-state index is 12.5. The number of nitrogens with zero attached hydrogens (tertiary/aromatic N) is 4. The Morgan fingerprint density at radius 2 is 1.71 bits per heavy atom. The zero-order chi connectivity index (χ0) is 24.9. The van der Waals surface area contributed by atoms with Crippen LogP contribution in [0, 0.1) is 0 Å². The average Bonchev–Trinajstić information content (AvgIpc) is 3.07. The van der Waals surface area contributed by atoms with Crippen LogP contribution < -0.4 is 9.54 Å². The van der Waals surface area contributed by atoms with E-state index in [9.17, 15) is 22.8 Å². The van der Waals surface area contributed by atoms with Gasteiger partial charge in [-0.25, -0.2) is 13.2 Å². The number of carbonyl (C=O) groups excluding carboxylic acids is 3. The fraction of sp³-hybridized carbons (Fsp3) is 0.524. The van der Waals surface area contributed by atoms with E-state index in [4.69, 9.17) is 9.47 Å². The van der Waals surface area contributed by atoms with Crippen molar-refractivity contribution in [2.45, 2.75) is 13.8 Å². The Bertz CT molecular complexity index is 1240. The second kappa shape index (κ2) is 11.0. The zero-order valence-electron chi connectivity index (χ0n) is 19.4. The first kappa shape index (κ1) is 25.7. The second-order valence-corrected chi connectivity index (χ2v) is 10.7. The lowest BCUT2D eigenvalue weighted by Crippen LogP contribution is -2.52. The normalized spacial score (nSPS) is 15.0. The Labute approximate surface area is 201 Å². The van der Waals surface area contributed by atoms with E-state index in [1.165, 1.54) is 21.1 Å². The summed E-state index contributed by atoms with van der Waals surface area (Å²) in [6.45, 7) is 5.28. The lowest BCUT2D eigenvalue weighted by Gasteiger charge is -2.34. The number of amides is 3. The molecule has 1 saturated heterocycles. The Kier molecular flexibility index (Phi) is 8.31. The van der Waals surface area contributed by atoms with E-state index in [1.807, 2.05) is 25.1 Å². The van der Waals surface area contributed by atoms with Gasteiger partial charge in [0, 0.05) is 33.2 Å². The Morgan fingerprint density at radius 1 is 1.03 bits per heavy atom. The summed E-state index contributed by atoms with van der Waals surface area (Å²) < 4.78 is 37.9. The van der Waals surface area contributed by atoms with Gasteiger partial charge < -0.3 is 23.8 Å². The molecule has 1 aromatic carbocycles. The van der Waals surface area contributed by atoms with Crippen LogP contribution in [0.2, 0.25) is 0 Å². The highest BCUT2D eigenvalue weighted by Gasteiger charge is 2.28. The summed E-state index contributed by atoms with van der Waals surface area (Å²) in [7, 11) is -2.27. The third-order valence-corrected chi connectivity index (χ3v) is 7.63. The topological polar surface area (TPSA) is 128 Å². The highest BCUT2D eigenvalue weighted by molar-refractivity contribution is 7.92. The molecule has 0 atom stereocenters. The predicted molar refractivity (Wildman–Crippen MR) is 126 cm³/mol. The number of benzene rings is 1. The number of hydrogen-bond donors (Lipinski definition) is 0. The van der Waals surface area contributed by atoms with Gasteiger partial charge in [-0.05, 0) is 32.0 Å². The van der Waals surface area contributed by atoms with Crippen molar-refractivity contribution in [3.8, 4) is 5.75 Å². The molecule has 1 aliphatic heterocycles. The molecule has 0 unspecified atom stereocenters. The van der Waals surface area contributed by atoms with Gasteiger partial charge in [-0.3, -0.25) is 9.59 Å². The van der Waals surface area contributed by atoms with Crippen LogP contribution in [0.15, 0.2) is 23.2 Å². The van der Waals surface area contributed by atoms with E-state index < -0.39 is 39.3 Å². The van der Waals surface area contributed by atoms with E-state index in [1.54, 1.807) is 18.5 Å². The first-order chi connectivity index (χ1) is 16.1. The van der Waals surface area contributed by atoms with Crippen LogP contribution in [0.1, 0.15) is 13.8 Å². The number of ether oxygens (including phenoxy) is 2. The summed E-state index contributed by atoms with van der Waals surface area (Å²) in [5, 5.41) is 0. The van der Waals surface area contributed by atoms with Crippen molar-refractivity contribution in [3.63, 3.8) is 0 Å². The number of aryl methyl sites for hydroxylation is 1. The molecule has 2 aromatic rings. The lowest BCUT2D eigenvalue weighted by atomic mass is 10.3. The number of piperazine rings is 1. The molecule has 11 nitrogen and oxygen atoms in total. The summed E-state index contributed by atoms with van der Waals surface area (Å²) in [5.74, 6) is -2.40. The molecule has 0 saturated carbocycles. The van der Waals surface area contributed by atoms with Crippen LogP contribution in [0.4, 0.5) is 4.79 Å². The molecule has 0 N–H and O–H groups in total. The van der Waals surface area contributed by atoms with Crippen molar-refractivity contribution in [1.82, 2.24) is 14.4 Å². The van der Waals surface area contributed by atoms with Gasteiger partial charge in [-0.15, -0.1) is 0 Å². The molecule has 1 aromatic heterocycles. The van der Waals surface area contributed by atoms with Gasteiger partial charge >= 0.3 is 6.09 Å². The average molecular weight is 513 g/mol. The number of fused-ring (bicyclic) bond motifs is 1. The third kappa shape index (κ3) is 6.35. The van der Waals surface area contributed by atoms with Crippen LogP contribution in [0.5, 0.6) is 5.75 Å². The maximum Gasteiger partial charge on any atom is 0.409 e. The first-order valence-corrected chi connectivity index (χ1v) is 13.5. The Morgan fingerprint density at radius 3 is 2.35 bits per heavy atom. The Balaban J connectivity index is 1.62. The molecule has 3 amide bonds. The van der Waals surface area contributed by atoms with Gasteiger partial charge in [0.05, 0.1) is 23.4 Å². The molecule has 1 fully saturated rings. The largest absolute Gasteiger partial charge is 0.494 e. The van der Waals surface area contributed by atoms with E-state index in [-0.39, 0.29) is 32.8 Å². The zero-order valence-corrected chi connectivity index (χ0v) is 21.0. The minimum Gasteiger partial charge on any atom is -0.494 e. The number of carbonyl (C=O) groups is 3. The molecule has 186 valence electrons. The number of aromatic nitrogens is 1. The van der Waals surface area contributed by atoms with E-state index in [0.717, 1.165) is 10.2 Å². The molecule has 0 bridgehead atoms. The molecular formula is C21H28N4O7S2. The van der Waals surface area contributed by atoms with Crippen LogP contribution in [-0.4, -0.2) is 91.6 Å².